The van der Waals surface area contributed by atoms with Crippen LogP contribution in [0.25, 0.3) is 11.5 Å². The van der Waals surface area contributed by atoms with Crippen molar-refractivity contribution < 1.29 is 19.2 Å². The molecule has 7 N–H and O–H groups in total. The van der Waals surface area contributed by atoms with Crippen LogP contribution in [0.1, 0.15) is 37.7 Å². The highest BCUT2D eigenvalue weighted by molar-refractivity contribution is 6.16. The first kappa shape index (κ1) is 25.8. The fraction of sp³-hybridized carbons (Fsp3) is 0.200. The second-order valence-electron chi connectivity index (χ2n) is 7.85. The lowest BCUT2D eigenvalue weighted by Gasteiger charge is -2.06. The standard InChI is InChI=1S/C25H27N7O4/c26-14-16(6-3-1-2-4-9-24(33)34)25(35)31-22-8-5-7-20(30-22)21-13-23(32-36-21)29-18-10-11-19(28)17(12-18)15-27/h5-8,10-15,26-27H,1-4,9,28H2,(H,29,32)(H,33,34)(H,30,31,35)/b16-6+,26-14?,27-15?. The lowest BCUT2D eigenvalue weighted by molar-refractivity contribution is -0.137. The van der Waals surface area contributed by atoms with Crippen molar-refractivity contribution in [2.45, 2.75) is 32.1 Å². The molecule has 0 spiro atoms. The molecule has 0 saturated heterocycles. The van der Waals surface area contributed by atoms with E-state index < -0.39 is 11.9 Å². The number of nitrogens with zero attached hydrogens (tertiary/aromatic N) is 2. The summed E-state index contributed by atoms with van der Waals surface area (Å²) in [5.41, 5.74) is 8.21. The normalized spacial score (nSPS) is 11.1. The zero-order valence-corrected chi connectivity index (χ0v) is 19.5. The summed E-state index contributed by atoms with van der Waals surface area (Å²) in [4.78, 5) is 27.5. The fourth-order valence-electron chi connectivity index (χ4n) is 3.28. The molecule has 11 heteroatoms. The Morgan fingerprint density at radius 3 is 2.67 bits per heavy atom. The Morgan fingerprint density at radius 1 is 1.08 bits per heavy atom. The van der Waals surface area contributed by atoms with Crippen LogP contribution in [0, 0.1) is 10.8 Å². The number of nitrogens with two attached hydrogens (primary N) is 1. The van der Waals surface area contributed by atoms with Crippen molar-refractivity contribution in [3.8, 4) is 11.5 Å². The van der Waals surface area contributed by atoms with Crippen molar-refractivity contribution in [3.05, 3.63) is 59.7 Å². The number of pyridine rings is 1. The average molecular weight is 490 g/mol. The van der Waals surface area contributed by atoms with Gasteiger partial charge in [-0.1, -0.05) is 23.7 Å². The number of rotatable bonds is 13. The summed E-state index contributed by atoms with van der Waals surface area (Å²) in [7, 11) is 0. The Hall–Kier alpha value is -4.80. The molecule has 0 saturated carbocycles. The minimum Gasteiger partial charge on any atom is -0.481 e. The maximum absolute atomic E-state index is 12.6. The molecule has 3 rings (SSSR count). The third-order valence-corrected chi connectivity index (χ3v) is 5.14. The molecule has 2 aromatic heterocycles. The summed E-state index contributed by atoms with van der Waals surface area (Å²) in [5, 5.41) is 33.4. The fourth-order valence-corrected chi connectivity index (χ4v) is 3.28. The molecule has 1 amide bonds. The van der Waals surface area contributed by atoms with E-state index in [4.69, 9.17) is 26.2 Å². The van der Waals surface area contributed by atoms with E-state index in [1.54, 1.807) is 48.5 Å². The van der Waals surface area contributed by atoms with Crippen LogP contribution in [0.3, 0.4) is 0 Å². The zero-order chi connectivity index (χ0) is 25.9. The number of amides is 1. The van der Waals surface area contributed by atoms with Crippen molar-refractivity contribution in [3.63, 3.8) is 0 Å². The molecule has 36 heavy (non-hydrogen) atoms. The highest BCUT2D eigenvalue weighted by atomic mass is 16.5. The summed E-state index contributed by atoms with van der Waals surface area (Å²) in [5.74, 6) is -0.200. The summed E-state index contributed by atoms with van der Waals surface area (Å²) in [6.45, 7) is 0. The Morgan fingerprint density at radius 2 is 1.92 bits per heavy atom. The van der Waals surface area contributed by atoms with Crippen LogP contribution in [0.5, 0.6) is 0 Å². The summed E-state index contributed by atoms with van der Waals surface area (Å²) < 4.78 is 5.39. The third-order valence-electron chi connectivity index (χ3n) is 5.14. The monoisotopic (exact) mass is 489 g/mol. The van der Waals surface area contributed by atoms with E-state index in [9.17, 15) is 9.59 Å². The largest absolute Gasteiger partial charge is 0.481 e. The number of hydrogen-bond acceptors (Lipinski definition) is 9. The number of carbonyl (C=O) groups is 2. The number of benzene rings is 1. The minimum atomic E-state index is -0.822. The number of aromatic nitrogens is 2. The maximum atomic E-state index is 12.6. The van der Waals surface area contributed by atoms with E-state index in [0.717, 1.165) is 19.1 Å². The minimum absolute atomic E-state index is 0.124. The molecule has 1 aromatic carbocycles. The van der Waals surface area contributed by atoms with Gasteiger partial charge in [0.1, 0.15) is 11.5 Å². The van der Waals surface area contributed by atoms with Gasteiger partial charge in [0.25, 0.3) is 5.91 Å². The molecule has 0 aliphatic heterocycles. The molecule has 0 atom stereocenters. The van der Waals surface area contributed by atoms with Crippen molar-refractivity contribution in [2.75, 3.05) is 16.4 Å². The number of carboxylic acids is 1. The van der Waals surface area contributed by atoms with E-state index >= 15 is 0 Å². The molecule has 2 heterocycles. The van der Waals surface area contributed by atoms with Gasteiger partial charge in [-0.3, -0.25) is 9.59 Å². The van der Waals surface area contributed by atoms with E-state index in [2.05, 4.69) is 20.8 Å². The second kappa shape index (κ2) is 12.6. The Bertz CT molecular complexity index is 1280. The molecule has 186 valence electrons. The van der Waals surface area contributed by atoms with E-state index in [1.807, 2.05) is 0 Å². The first-order chi connectivity index (χ1) is 17.4. The van der Waals surface area contributed by atoms with Crippen LogP contribution in [0.2, 0.25) is 0 Å². The molecule has 0 fully saturated rings. The lowest BCUT2D eigenvalue weighted by atomic mass is 10.1. The van der Waals surface area contributed by atoms with E-state index in [1.165, 1.54) is 6.21 Å². The van der Waals surface area contributed by atoms with Crippen LogP contribution >= 0.6 is 0 Å². The Labute approximate surface area is 207 Å². The number of carboxylic acid groups (broad SMARTS) is 1. The number of nitrogen functional groups attached to an aromatic ring is 1. The predicted molar refractivity (Wildman–Crippen MR) is 138 cm³/mol. The smallest absolute Gasteiger partial charge is 0.303 e. The first-order valence-electron chi connectivity index (χ1n) is 11.2. The van der Waals surface area contributed by atoms with Crippen molar-refractivity contribution in [2.24, 2.45) is 0 Å². The van der Waals surface area contributed by atoms with E-state index in [0.29, 0.717) is 47.1 Å². The van der Waals surface area contributed by atoms with Crippen molar-refractivity contribution in [1.82, 2.24) is 10.1 Å². The number of allylic oxidation sites excluding steroid dienone is 1. The molecule has 0 radical (unpaired) electrons. The Balaban J connectivity index is 1.62. The molecule has 0 aliphatic carbocycles. The molecule has 0 bridgehead atoms. The van der Waals surface area contributed by atoms with Gasteiger partial charge in [-0.2, -0.15) is 0 Å². The van der Waals surface area contributed by atoms with Crippen molar-refractivity contribution >= 4 is 47.3 Å². The second-order valence-corrected chi connectivity index (χ2v) is 7.85. The number of nitrogens with one attached hydrogen (secondary N) is 4. The topological polar surface area (TPSA) is 191 Å². The highest BCUT2D eigenvalue weighted by Crippen LogP contribution is 2.25. The highest BCUT2D eigenvalue weighted by Gasteiger charge is 2.12. The third kappa shape index (κ3) is 7.35. The average Bonchev–Trinajstić information content (AvgIpc) is 3.33. The number of aliphatic carboxylic acids is 1. The molecule has 0 unspecified atom stereocenters. The van der Waals surface area contributed by atoms with Crippen LogP contribution in [-0.2, 0) is 9.59 Å². The van der Waals surface area contributed by atoms with Crippen LogP contribution in [0.15, 0.2) is 58.6 Å². The van der Waals surface area contributed by atoms with Gasteiger partial charge >= 0.3 is 5.97 Å². The van der Waals surface area contributed by atoms with Gasteiger partial charge in [-0.25, -0.2) is 4.98 Å². The van der Waals surface area contributed by atoms with Crippen LogP contribution in [-0.4, -0.2) is 39.6 Å². The summed E-state index contributed by atoms with van der Waals surface area (Å²) in [6.07, 6.45) is 6.53. The maximum Gasteiger partial charge on any atom is 0.303 e. The first-order valence-corrected chi connectivity index (χ1v) is 11.2. The lowest BCUT2D eigenvalue weighted by Crippen LogP contribution is -2.16. The zero-order valence-electron chi connectivity index (χ0n) is 19.5. The van der Waals surface area contributed by atoms with Gasteiger partial charge in [-0.05, 0) is 49.6 Å². The van der Waals surface area contributed by atoms with Crippen LogP contribution in [0.4, 0.5) is 23.0 Å². The van der Waals surface area contributed by atoms with E-state index in [-0.39, 0.29) is 17.8 Å². The summed E-state index contributed by atoms with van der Waals surface area (Å²) in [6, 6.07) is 11.9. The van der Waals surface area contributed by atoms with Gasteiger partial charge in [-0.15, -0.1) is 0 Å². The molecular formula is C25H27N7O4. The summed E-state index contributed by atoms with van der Waals surface area (Å²) >= 11 is 0. The Kier molecular flexibility index (Phi) is 9.04. The van der Waals surface area contributed by atoms with Gasteiger partial charge in [0.2, 0.25) is 0 Å². The van der Waals surface area contributed by atoms with Gasteiger partial charge in [0.05, 0.1) is 5.57 Å². The SMILES string of the molecule is N=C/C(=C\CCCCCC(=O)O)C(=O)Nc1cccc(-c2cc(Nc3ccc(N)c(C=N)c3)no2)n1. The van der Waals surface area contributed by atoms with Gasteiger partial charge in [0.15, 0.2) is 11.6 Å². The van der Waals surface area contributed by atoms with Gasteiger partial charge in [0, 0.05) is 41.9 Å². The van der Waals surface area contributed by atoms with Crippen molar-refractivity contribution in [1.29, 1.82) is 10.8 Å². The predicted octanol–water partition coefficient (Wildman–Crippen LogP) is 4.61. The van der Waals surface area contributed by atoms with Gasteiger partial charge < -0.3 is 36.8 Å². The molecule has 11 nitrogen and oxygen atoms in total. The quantitative estimate of drug-likeness (QED) is 0.0867. The van der Waals surface area contributed by atoms with Crippen LogP contribution < -0.4 is 16.4 Å². The number of unbranched alkanes of at least 4 members (excludes halogenated alkanes) is 3. The molecule has 0 aliphatic rings. The number of anilines is 4. The molecule has 3 aromatic rings. The molecular weight excluding hydrogens is 462 g/mol. The number of hydrogen-bond donors (Lipinski definition) is 6. The number of carbonyl (C=O) groups excluding carboxylic acids is 1.